The molecule has 1 saturated heterocycles. The molecular formula is C22H27N3OS. The van der Waals surface area contributed by atoms with Crippen LogP contribution in [0.3, 0.4) is 0 Å². The Morgan fingerprint density at radius 1 is 1.00 bits per heavy atom. The zero-order chi connectivity index (χ0) is 18.5. The summed E-state index contributed by atoms with van der Waals surface area (Å²) in [5.41, 5.74) is 4.09. The minimum Gasteiger partial charge on any atom is -0.493 e. The molecule has 4 rings (SSSR count). The Bertz CT molecular complexity index is 772. The molecule has 5 heteroatoms. The van der Waals surface area contributed by atoms with Crippen molar-refractivity contribution in [3.05, 3.63) is 65.2 Å². The maximum Gasteiger partial charge on any atom is 0.169 e. The van der Waals surface area contributed by atoms with Gasteiger partial charge in [0.2, 0.25) is 0 Å². The number of hydrogen-bond acceptors (Lipinski definition) is 3. The molecule has 0 spiro atoms. The Morgan fingerprint density at radius 2 is 1.81 bits per heavy atom. The minimum atomic E-state index is 0.826. The van der Waals surface area contributed by atoms with E-state index in [1.807, 2.05) is 0 Å². The third-order valence-corrected chi connectivity index (χ3v) is 5.75. The lowest BCUT2D eigenvalue weighted by molar-refractivity contribution is 0.174. The van der Waals surface area contributed by atoms with Crippen LogP contribution in [0.2, 0.25) is 0 Å². The van der Waals surface area contributed by atoms with Gasteiger partial charge in [-0.1, -0.05) is 42.5 Å². The highest BCUT2D eigenvalue weighted by molar-refractivity contribution is 7.80. The predicted octanol–water partition coefficient (Wildman–Crippen LogP) is 2.86. The van der Waals surface area contributed by atoms with Crippen molar-refractivity contribution in [2.75, 3.05) is 39.3 Å². The van der Waals surface area contributed by atoms with Gasteiger partial charge in [0.1, 0.15) is 5.75 Å². The zero-order valence-electron chi connectivity index (χ0n) is 15.7. The topological polar surface area (TPSA) is 27.7 Å². The minimum absolute atomic E-state index is 0.826. The highest BCUT2D eigenvalue weighted by Crippen LogP contribution is 2.26. The molecule has 1 N–H and O–H groups in total. The summed E-state index contributed by atoms with van der Waals surface area (Å²) in [6, 6.07) is 17.2. The van der Waals surface area contributed by atoms with Crippen molar-refractivity contribution in [1.29, 1.82) is 0 Å². The van der Waals surface area contributed by atoms with Crippen LogP contribution in [0.25, 0.3) is 0 Å². The number of fused-ring (bicyclic) bond motifs is 1. The van der Waals surface area contributed by atoms with Crippen molar-refractivity contribution in [3.8, 4) is 5.75 Å². The normalized spacial score (nSPS) is 16.7. The number of benzene rings is 2. The SMILES string of the molecule is S=C(NCCc1ccccc1)N1CCN(Cc2ccc3c(c2)CCO3)CC1. The molecule has 2 aliphatic heterocycles. The maximum atomic E-state index is 5.60. The van der Waals surface area contributed by atoms with E-state index >= 15 is 0 Å². The van der Waals surface area contributed by atoms with Crippen LogP contribution in [0.5, 0.6) is 5.75 Å². The molecule has 0 radical (unpaired) electrons. The first kappa shape index (κ1) is 18.3. The maximum absolute atomic E-state index is 5.60. The summed E-state index contributed by atoms with van der Waals surface area (Å²) in [6.45, 7) is 6.81. The molecule has 2 aromatic rings. The second-order valence-corrected chi connectivity index (χ2v) is 7.66. The third-order valence-electron chi connectivity index (χ3n) is 5.35. The largest absolute Gasteiger partial charge is 0.493 e. The average Bonchev–Trinajstić information content (AvgIpc) is 3.17. The fourth-order valence-corrected chi connectivity index (χ4v) is 4.06. The standard InChI is InChI=1S/C22H27N3OS/c27-22(23-10-8-18-4-2-1-3-5-18)25-13-11-24(12-14-25)17-19-6-7-21-20(16-19)9-15-26-21/h1-7,16H,8-15,17H2,(H,23,27). The van der Waals surface area contributed by atoms with Gasteiger partial charge >= 0.3 is 0 Å². The molecule has 2 aromatic carbocycles. The van der Waals surface area contributed by atoms with E-state index in [1.165, 1.54) is 16.7 Å². The van der Waals surface area contributed by atoms with E-state index in [2.05, 4.69) is 63.6 Å². The third kappa shape index (κ3) is 4.79. The summed E-state index contributed by atoms with van der Waals surface area (Å²) in [5.74, 6) is 1.07. The molecule has 1 fully saturated rings. The number of ether oxygens (including phenoxy) is 1. The first-order valence-corrected chi connectivity index (χ1v) is 10.2. The Labute approximate surface area is 167 Å². The molecule has 0 aliphatic carbocycles. The van der Waals surface area contributed by atoms with Crippen LogP contribution in [-0.4, -0.2) is 54.2 Å². The molecule has 27 heavy (non-hydrogen) atoms. The molecule has 2 aliphatic rings. The van der Waals surface area contributed by atoms with Crippen molar-refractivity contribution in [2.45, 2.75) is 19.4 Å². The molecule has 0 unspecified atom stereocenters. The van der Waals surface area contributed by atoms with Gasteiger partial charge in [-0.25, -0.2) is 0 Å². The van der Waals surface area contributed by atoms with Crippen molar-refractivity contribution in [1.82, 2.24) is 15.1 Å². The van der Waals surface area contributed by atoms with Crippen LogP contribution in [0, 0.1) is 0 Å². The van der Waals surface area contributed by atoms with Gasteiger partial charge < -0.3 is 15.0 Å². The van der Waals surface area contributed by atoms with Crippen LogP contribution in [0.1, 0.15) is 16.7 Å². The molecule has 142 valence electrons. The molecule has 0 atom stereocenters. The molecule has 0 saturated carbocycles. The van der Waals surface area contributed by atoms with E-state index < -0.39 is 0 Å². The number of piperazine rings is 1. The number of thiocarbonyl (C=S) groups is 1. The Morgan fingerprint density at radius 3 is 2.63 bits per heavy atom. The summed E-state index contributed by atoms with van der Waals surface area (Å²) in [5, 5.41) is 4.31. The van der Waals surface area contributed by atoms with Crippen molar-refractivity contribution < 1.29 is 4.74 Å². The van der Waals surface area contributed by atoms with Crippen molar-refractivity contribution in [3.63, 3.8) is 0 Å². The second-order valence-electron chi connectivity index (χ2n) is 7.27. The Balaban J connectivity index is 1.20. The lowest BCUT2D eigenvalue weighted by Crippen LogP contribution is -2.51. The van der Waals surface area contributed by atoms with Gasteiger partial charge in [-0.2, -0.15) is 0 Å². The average molecular weight is 382 g/mol. The van der Waals surface area contributed by atoms with E-state index in [1.54, 1.807) is 0 Å². The van der Waals surface area contributed by atoms with E-state index in [-0.39, 0.29) is 0 Å². The van der Waals surface area contributed by atoms with Gasteiger partial charge in [0.05, 0.1) is 6.61 Å². The van der Waals surface area contributed by atoms with Gasteiger partial charge in [0.15, 0.2) is 5.11 Å². The van der Waals surface area contributed by atoms with Crippen LogP contribution in [0.4, 0.5) is 0 Å². The molecule has 4 nitrogen and oxygen atoms in total. The molecule has 2 heterocycles. The predicted molar refractivity (Wildman–Crippen MR) is 113 cm³/mol. The van der Waals surface area contributed by atoms with E-state index in [9.17, 15) is 0 Å². The molecular weight excluding hydrogens is 354 g/mol. The highest BCUT2D eigenvalue weighted by atomic mass is 32.1. The van der Waals surface area contributed by atoms with Crippen LogP contribution in [0.15, 0.2) is 48.5 Å². The summed E-state index contributed by atoms with van der Waals surface area (Å²) in [6.07, 6.45) is 2.04. The van der Waals surface area contributed by atoms with E-state index in [0.717, 1.165) is 69.6 Å². The fraction of sp³-hybridized carbons (Fsp3) is 0.409. The monoisotopic (exact) mass is 381 g/mol. The van der Waals surface area contributed by atoms with E-state index in [4.69, 9.17) is 17.0 Å². The summed E-state index contributed by atoms with van der Waals surface area (Å²) < 4.78 is 5.60. The van der Waals surface area contributed by atoms with Crippen LogP contribution in [-0.2, 0) is 19.4 Å². The summed E-state index contributed by atoms with van der Waals surface area (Å²) >= 11 is 5.59. The summed E-state index contributed by atoms with van der Waals surface area (Å²) in [7, 11) is 0. The number of hydrogen-bond donors (Lipinski definition) is 1. The van der Waals surface area contributed by atoms with Crippen LogP contribution >= 0.6 is 12.2 Å². The van der Waals surface area contributed by atoms with Gasteiger partial charge in [0, 0.05) is 45.7 Å². The van der Waals surface area contributed by atoms with Crippen molar-refractivity contribution >= 4 is 17.3 Å². The fourth-order valence-electron chi connectivity index (χ4n) is 3.78. The van der Waals surface area contributed by atoms with E-state index in [0.29, 0.717) is 0 Å². The molecule has 0 amide bonds. The Hall–Kier alpha value is -2.11. The quantitative estimate of drug-likeness (QED) is 0.804. The van der Waals surface area contributed by atoms with Gasteiger partial charge in [-0.05, 0) is 41.4 Å². The zero-order valence-corrected chi connectivity index (χ0v) is 16.5. The highest BCUT2D eigenvalue weighted by Gasteiger charge is 2.19. The lowest BCUT2D eigenvalue weighted by atomic mass is 10.1. The number of nitrogens with one attached hydrogen (secondary N) is 1. The van der Waals surface area contributed by atoms with Gasteiger partial charge in [-0.3, -0.25) is 4.90 Å². The van der Waals surface area contributed by atoms with Gasteiger partial charge in [0.25, 0.3) is 0 Å². The smallest absolute Gasteiger partial charge is 0.169 e. The Kier molecular flexibility index (Phi) is 5.90. The summed E-state index contributed by atoms with van der Waals surface area (Å²) in [4.78, 5) is 4.81. The van der Waals surface area contributed by atoms with Gasteiger partial charge in [-0.15, -0.1) is 0 Å². The second kappa shape index (κ2) is 8.72. The first-order valence-electron chi connectivity index (χ1n) is 9.81. The first-order chi connectivity index (χ1) is 13.3. The number of nitrogens with zero attached hydrogens (tertiary/aromatic N) is 2. The van der Waals surface area contributed by atoms with Crippen molar-refractivity contribution in [2.24, 2.45) is 0 Å². The number of rotatable bonds is 5. The molecule has 0 bridgehead atoms. The molecule has 0 aromatic heterocycles. The van der Waals surface area contributed by atoms with Crippen LogP contribution < -0.4 is 10.1 Å². The lowest BCUT2D eigenvalue weighted by Gasteiger charge is -2.36.